The third-order valence-electron chi connectivity index (χ3n) is 16.2. The average Bonchev–Trinajstić information content (AvgIpc) is 0.803. The summed E-state index contributed by atoms with van der Waals surface area (Å²) in [7, 11) is 6.86. The number of hydrogen-bond donors (Lipinski definition) is 3. The predicted molar refractivity (Wildman–Crippen MR) is 350 cm³/mol. The number of carboxylic acids is 1. The third kappa shape index (κ3) is 20.3. The summed E-state index contributed by atoms with van der Waals surface area (Å²) < 4.78 is 123. The van der Waals surface area contributed by atoms with Crippen molar-refractivity contribution in [3.63, 3.8) is 0 Å². The smallest absolute Gasteiger partial charge is 0.416 e. The first-order valence-corrected chi connectivity index (χ1v) is 31.3. The number of aromatic nitrogens is 2. The monoisotopic (exact) mass is 1320 g/mol. The minimum atomic E-state index is -4.78. The van der Waals surface area contributed by atoms with Gasteiger partial charge in [0, 0.05) is 48.7 Å². The van der Waals surface area contributed by atoms with E-state index >= 15 is 8.78 Å². The summed E-state index contributed by atoms with van der Waals surface area (Å²) >= 11 is 0. The lowest BCUT2D eigenvalue weighted by atomic mass is 9.89. The minimum absolute atomic E-state index is 0.0151. The normalized spacial score (nSPS) is 13.2. The molecule has 2 amide bonds. The number of nitrogens with zero attached hydrogens (tertiary/aromatic N) is 4. The number of likely N-dealkylation sites (N-methyl/N-ethyl adjacent to an activating group) is 2. The van der Waals surface area contributed by atoms with Crippen LogP contribution in [0.15, 0.2) is 82.6 Å². The van der Waals surface area contributed by atoms with Gasteiger partial charge in [0.25, 0.3) is 11.1 Å². The number of pyridine rings is 2. The van der Waals surface area contributed by atoms with Crippen LogP contribution in [0, 0.1) is 78.9 Å². The highest BCUT2D eigenvalue weighted by Gasteiger charge is 2.38. The number of alkyl halides is 6. The zero-order valence-electron chi connectivity index (χ0n) is 56.9. The predicted octanol–water partition coefficient (Wildman–Crippen LogP) is 14.3. The molecule has 3 N–H and O–H groups in total. The molecule has 0 bridgehead atoms. The van der Waals surface area contributed by atoms with Gasteiger partial charge in [-0.15, -0.1) is 0 Å². The van der Waals surface area contributed by atoms with E-state index in [2.05, 4.69) is 10.6 Å². The topological polar surface area (TPSA) is 172 Å². The van der Waals surface area contributed by atoms with Crippen molar-refractivity contribution >= 4 is 23.8 Å². The second-order valence-electron chi connectivity index (χ2n) is 26.0. The minimum Gasteiger partial charge on any atom is -0.481 e. The highest BCUT2D eigenvalue weighted by Crippen LogP contribution is 2.38. The van der Waals surface area contributed by atoms with Gasteiger partial charge < -0.3 is 39.4 Å². The number of ether oxygens (including phenoxy) is 1. The Bertz CT molecular complexity index is 3800. The zero-order chi connectivity index (χ0) is 70.8. The number of nitrogens with one attached hydrogen (secondary N) is 2. The van der Waals surface area contributed by atoms with Gasteiger partial charge in [0.05, 0.1) is 42.7 Å². The summed E-state index contributed by atoms with van der Waals surface area (Å²) in [4.78, 5) is 82.7. The van der Waals surface area contributed by atoms with Crippen molar-refractivity contribution in [1.82, 2.24) is 29.6 Å². The molecular weight excluding hydrogens is 1230 g/mol. The average molecular weight is 1320 g/mol. The zero-order valence-corrected chi connectivity index (χ0v) is 56.9. The van der Waals surface area contributed by atoms with E-state index in [1.165, 1.54) is 6.07 Å². The molecule has 0 aliphatic heterocycles. The lowest BCUT2D eigenvalue weighted by Crippen LogP contribution is -2.41. The van der Waals surface area contributed by atoms with E-state index in [-0.39, 0.29) is 85.0 Å². The van der Waals surface area contributed by atoms with E-state index < -0.39 is 107 Å². The summed E-state index contributed by atoms with van der Waals surface area (Å²) in [6, 6.07) is 10.5. The van der Waals surface area contributed by atoms with Gasteiger partial charge in [0.15, 0.2) is 0 Å². The molecule has 0 fully saturated rings. The van der Waals surface area contributed by atoms with Crippen LogP contribution in [-0.2, 0) is 49.1 Å². The van der Waals surface area contributed by atoms with Crippen molar-refractivity contribution in [2.75, 3.05) is 47.9 Å². The van der Waals surface area contributed by atoms with Crippen LogP contribution in [0.3, 0.4) is 0 Å². The number of halogens is 8. The molecule has 4 aromatic carbocycles. The van der Waals surface area contributed by atoms with Gasteiger partial charge in [-0.05, 0) is 219 Å². The SMILES string of the molecule is CCOC(=O)C[C@H](NC(=O)C(CC(C)C)n1cc(CCN(C)C)c(C(F)(F)F)cc1=O)c1cc(-c2c(C)cc(C)cc2C)cc(C)c1F.Cc1cc(C)c(-c2cc(C)c(F)c([C@H](CC(=O)O)NC(=O)C(CC(C)C)n3cc(CCN(C)C)c(C(F)(F)F)cc3=O)c2)c(C)c1. The van der Waals surface area contributed by atoms with Crippen molar-refractivity contribution in [2.45, 2.75) is 165 Å². The van der Waals surface area contributed by atoms with Gasteiger partial charge in [-0.3, -0.25) is 28.8 Å². The number of carboxylic acid groups (broad SMARTS) is 1. The first-order chi connectivity index (χ1) is 43.6. The summed E-state index contributed by atoms with van der Waals surface area (Å²) in [5.74, 6) is -5.14. The Labute approximate surface area is 545 Å². The van der Waals surface area contributed by atoms with Crippen molar-refractivity contribution in [2.24, 2.45) is 11.8 Å². The van der Waals surface area contributed by atoms with Gasteiger partial charge in [-0.2, -0.15) is 26.3 Å². The Balaban J connectivity index is 0.000000341. The molecule has 0 saturated carbocycles. The highest BCUT2D eigenvalue weighted by molar-refractivity contribution is 5.83. The molecular formula is C72H90F8N6O8. The number of carbonyl (C=O) groups is 4. The van der Waals surface area contributed by atoms with E-state index in [1.807, 2.05) is 79.7 Å². The Morgan fingerprint density at radius 2 is 0.872 bits per heavy atom. The molecule has 6 aromatic rings. The molecule has 4 atom stereocenters. The number of amides is 2. The molecule has 94 heavy (non-hydrogen) atoms. The fourth-order valence-electron chi connectivity index (χ4n) is 12.1. The van der Waals surface area contributed by atoms with Gasteiger partial charge in [0.2, 0.25) is 11.8 Å². The van der Waals surface area contributed by atoms with Crippen molar-refractivity contribution in [1.29, 1.82) is 0 Å². The van der Waals surface area contributed by atoms with Crippen molar-refractivity contribution in [3.8, 4) is 22.3 Å². The maximum Gasteiger partial charge on any atom is 0.416 e. The lowest BCUT2D eigenvalue weighted by Gasteiger charge is -2.27. The second kappa shape index (κ2) is 32.4. The molecule has 2 unspecified atom stereocenters. The summed E-state index contributed by atoms with van der Waals surface area (Å²) in [5, 5.41) is 15.2. The molecule has 0 radical (unpaired) electrons. The highest BCUT2D eigenvalue weighted by atomic mass is 19.4. The van der Waals surface area contributed by atoms with Gasteiger partial charge in [0.1, 0.15) is 23.7 Å². The molecule has 512 valence electrons. The number of carbonyl (C=O) groups excluding carboxylic acids is 3. The Morgan fingerprint density at radius 3 is 1.17 bits per heavy atom. The van der Waals surface area contributed by atoms with Crippen LogP contribution in [0.1, 0.15) is 162 Å². The molecule has 14 nitrogen and oxygen atoms in total. The van der Waals surface area contributed by atoms with Crippen molar-refractivity contribution in [3.05, 3.63) is 183 Å². The Morgan fingerprint density at radius 1 is 0.532 bits per heavy atom. The molecule has 0 spiro atoms. The van der Waals surface area contributed by atoms with E-state index in [0.717, 1.165) is 66.0 Å². The van der Waals surface area contributed by atoms with Crippen molar-refractivity contribution < 1.29 is 64.1 Å². The first-order valence-electron chi connectivity index (χ1n) is 31.3. The first kappa shape index (κ1) is 76.7. The van der Waals surface area contributed by atoms with E-state index in [9.17, 15) is 60.2 Å². The number of aliphatic carboxylic acids is 1. The van der Waals surface area contributed by atoms with E-state index in [4.69, 9.17) is 4.74 Å². The maximum absolute atomic E-state index is 16.0. The quantitative estimate of drug-likeness (QED) is 0.0370. The van der Waals surface area contributed by atoms with Crippen LogP contribution in [0.5, 0.6) is 0 Å². The maximum atomic E-state index is 16.0. The molecule has 2 aromatic heterocycles. The fourth-order valence-corrected chi connectivity index (χ4v) is 12.1. The van der Waals surface area contributed by atoms with Crippen LogP contribution >= 0.6 is 0 Å². The van der Waals surface area contributed by atoms with Crippen LogP contribution in [0.4, 0.5) is 35.1 Å². The van der Waals surface area contributed by atoms with Crippen LogP contribution < -0.4 is 21.8 Å². The number of esters is 1. The summed E-state index contributed by atoms with van der Waals surface area (Å²) in [6.45, 7) is 24.3. The summed E-state index contributed by atoms with van der Waals surface area (Å²) in [6.07, 6.45) is -8.33. The van der Waals surface area contributed by atoms with Gasteiger partial charge >= 0.3 is 24.3 Å². The third-order valence-corrected chi connectivity index (χ3v) is 16.2. The van der Waals surface area contributed by atoms with Crippen LogP contribution in [0.25, 0.3) is 22.3 Å². The van der Waals surface area contributed by atoms with Crippen LogP contribution in [0.2, 0.25) is 0 Å². The number of hydrogen-bond acceptors (Lipinski definition) is 9. The largest absolute Gasteiger partial charge is 0.481 e. The van der Waals surface area contributed by atoms with Crippen LogP contribution in [-0.4, -0.2) is 95.7 Å². The Hall–Kier alpha value is -7.98. The Kier molecular flexibility index (Phi) is 26.5. The lowest BCUT2D eigenvalue weighted by molar-refractivity contribution is -0.144. The fraction of sp³-hybridized carbons (Fsp3) is 0.472. The van der Waals surface area contributed by atoms with Gasteiger partial charge in [-0.1, -0.05) is 63.1 Å². The number of benzene rings is 4. The number of rotatable bonds is 25. The molecule has 6 rings (SSSR count). The van der Waals surface area contributed by atoms with E-state index in [0.29, 0.717) is 28.8 Å². The summed E-state index contributed by atoms with van der Waals surface area (Å²) in [5.41, 5.74) is 5.20. The molecule has 22 heteroatoms. The molecule has 0 saturated heterocycles. The van der Waals surface area contributed by atoms with E-state index in [1.54, 1.807) is 90.8 Å². The van der Waals surface area contributed by atoms with Gasteiger partial charge in [-0.25, -0.2) is 8.78 Å². The number of aryl methyl sites for hydroxylation is 8. The second-order valence-corrected chi connectivity index (χ2v) is 26.0. The molecule has 2 heterocycles. The molecule has 0 aliphatic carbocycles. The molecule has 0 aliphatic rings. The standard InChI is InChI=1S/C37H47F4N3O4.C35H43F4N3O4/c1-10-48-33(46)19-30(28-17-27(16-25(7)35(28)38)34-23(5)14-22(4)15-24(34)6)42-36(47)31(13-21(2)3)44-20-26(11-12-43(8)9)29(18-32(44)45)37(39,40)41;1-19(2)11-29(42-18-24(9-10-41(7)8)27(16-30(42)43)35(37,38)39)34(46)40-28(17-31(44)45)26-15-25(14-23(6)33(26)36)32-21(4)12-20(3)13-22(32)5/h14-18,20-21,30-31H,10-13,19H2,1-9H3,(H,42,47);12-16,18-19,28-29H,9-11,17H2,1-8H3,(H,40,46)(H,44,45)/t30-,31?;28-,29?/m00/s1.